The minimum Gasteiger partial charge on any atom is -0.493 e. The summed E-state index contributed by atoms with van der Waals surface area (Å²) >= 11 is 0. The molecule has 1 saturated heterocycles. The van der Waals surface area contributed by atoms with E-state index in [9.17, 15) is 4.79 Å². The van der Waals surface area contributed by atoms with Crippen molar-refractivity contribution in [3.05, 3.63) is 23.3 Å². The number of hydrogen-bond acceptors (Lipinski definition) is 4. The first-order chi connectivity index (χ1) is 9.17. The molecule has 1 aliphatic heterocycles. The van der Waals surface area contributed by atoms with E-state index in [1.165, 1.54) is 0 Å². The molecule has 1 aliphatic rings. The van der Waals surface area contributed by atoms with Crippen LogP contribution in [0.5, 0.6) is 11.5 Å². The average Bonchev–Trinajstić information content (AvgIpc) is 2.47. The molecule has 0 atom stereocenters. The first-order valence-electron chi connectivity index (χ1n) is 6.40. The number of aryl methyl sites for hydroxylation is 1. The van der Waals surface area contributed by atoms with Crippen LogP contribution in [-0.4, -0.2) is 51.2 Å². The molecule has 0 radical (unpaired) electrons. The molecule has 0 unspecified atom stereocenters. The number of methoxy groups -OCH3 is 2. The van der Waals surface area contributed by atoms with Gasteiger partial charge in [-0.25, -0.2) is 0 Å². The fourth-order valence-corrected chi connectivity index (χ4v) is 2.25. The number of amides is 1. The van der Waals surface area contributed by atoms with Gasteiger partial charge in [-0.2, -0.15) is 0 Å². The first kappa shape index (κ1) is 13.7. The molecular formula is C14H20N2O3. The van der Waals surface area contributed by atoms with Gasteiger partial charge in [-0.05, 0) is 24.6 Å². The molecule has 1 N–H and O–H groups in total. The molecule has 0 aromatic heterocycles. The molecular weight excluding hydrogens is 244 g/mol. The van der Waals surface area contributed by atoms with Crippen LogP contribution in [0.25, 0.3) is 0 Å². The maximum atomic E-state index is 12.5. The van der Waals surface area contributed by atoms with E-state index in [0.717, 1.165) is 31.7 Å². The fraction of sp³-hybridized carbons (Fsp3) is 0.500. The zero-order valence-corrected chi connectivity index (χ0v) is 11.7. The lowest BCUT2D eigenvalue weighted by atomic mass is 10.1. The number of nitrogens with one attached hydrogen (secondary N) is 1. The largest absolute Gasteiger partial charge is 0.493 e. The van der Waals surface area contributed by atoms with Crippen LogP contribution in [-0.2, 0) is 0 Å². The van der Waals surface area contributed by atoms with E-state index < -0.39 is 0 Å². The van der Waals surface area contributed by atoms with Crippen molar-refractivity contribution in [2.24, 2.45) is 0 Å². The molecule has 19 heavy (non-hydrogen) atoms. The third-order valence-electron chi connectivity index (χ3n) is 3.37. The summed E-state index contributed by atoms with van der Waals surface area (Å²) in [6, 6.07) is 3.60. The van der Waals surface area contributed by atoms with E-state index in [-0.39, 0.29) is 5.91 Å². The normalized spacial score (nSPS) is 15.2. The highest BCUT2D eigenvalue weighted by Crippen LogP contribution is 2.30. The fourth-order valence-electron chi connectivity index (χ4n) is 2.25. The number of benzene rings is 1. The summed E-state index contributed by atoms with van der Waals surface area (Å²) < 4.78 is 10.5. The van der Waals surface area contributed by atoms with Gasteiger partial charge in [0, 0.05) is 31.7 Å². The Bertz CT molecular complexity index is 468. The van der Waals surface area contributed by atoms with E-state index >= 15 is 0 Å². The molecule has 5 nitrogen and oxygen atoms in total. The van der Waals surface area contributed by atoms with Gasteiger partial charge in [-0.1, -0.05) is 0 Å². The number of ether oxygens (including phenoxy) is 2. The summed E-state index contributed by atoms with van der Waals surface area (Å²) in [5.74, 6) is 1.29. The van der Waals surface area contributed by atoms with Gasteiger partial charge in [0.15, 0.2) is 11.5 Å². The molecule has 1 amide bonds. The van der Waals surface area contributed by atoms with Crippen LogP contribution in [0.4, 0.5) is 0 Å². The second-order valence-corrected chi connectivity index (χ2v) is 4.56. The number of carbonyl (C=O) groups is 1. The van der Waals surface area contributed by atoms with Crippen molar-refractivity contribution >= 4 is 5.91 Å². The summed E-state index contributed by atoms with van der Waals surface area (Å²) in [7, 11) is 3.17. The monoisotopic (exact) mass is 264 g/mol. The Morgan fingerprint density at radius 2 is 1.74 bits per heavy atom. The molecule has 0 spiro atoms. The predicted molar refractivity (Wildman–Crippen MR) is 73.1 cm³/mol. The summed E-state index contributed by atoms with van der Waals surface area (Å²) in [6.45, 7) is 5.09. The second-order valence-electron chi connectivity index (χ2n) is 4.56. The van der Waals surface area contributed by atoms with Crippen molar-refractivity contribution in [3.8, 4) is 11.5 Å². The molecule has 1 fully saturated rings. The third kappa shape index (κ3) is 2.81. The van der Waals surface area contributed by atoms with E-state index in [2.05, 4.69) is 5.32 Å². The van der Waals surface area contributed by atoms with Crippen LogP contribution >= 0.6 is 0 Å². The standard InChI is InChI=1S/C14H20N2O3/c1-10-8-12(18-2)13(19-3)9-11(10)14(17)16-6-4-15-5-7-16/h8-9,15H,4-7H2,1-3H3. The van der Waals surface area contributed by atoms with Crippen molar-refractivity contribution in [2.75, 3.05) is 40.4 Å². The Kier molecular flexibility index (Phi) is 4.27. The van der Waals surface area contributed by atoms with Crippen LogP contribution in [0.3, 0.4) is 0 Å². The van der Waals surface area contributed by atoms with Crippen LogP contribution in [0, 0.1) is 6.92 Å². The molecule has 1 heterocycles. The number of carbonyl (C=O) groups excluding carboxylic acids is 1. The van der Waals surface area contributed by atoms with Gasteiger partial charge >= 0.3 is 0 Å². The van der Waals surface area contributed by atoms with Crippen molar-refractivity contribution in [1.82, 2.24) is 10.2 Å². The summed E-state index contributed by atoms with van der Waals surface area (Å²) in [5.41, 5.74) is 1.58. The lowest BCUT2D eigenvalue weighted by molar-refractivity contribution is 0.0734. The van der Waals surface area contributed by atoms with Crippen LogP contribution in [0.1, 0.15) is 15.9 Å². The molecule has 0 bridgehead atoms. The molecule has 1 aromatic carbocycles. The van der Waals surface area contributed by atoms with E-state index in [0.29, 0.717) is 17.1 Å². The quantitative estimate of drug-likeness (QED) is 0.887. The second kappa shape index (κ2) is 5.93. The van der Waals surface area contributed by atoms with Crippen LogP contribution in [0.2, 0.25) is 0 Å². The van der Waals surface area contributed by atoms with Gasteiger partial charge < -0.3 is 19.7 Å². The lowest BCUT2D eigenvalue weighted by Gasteiger charge is -2.28. The minimum absolute atomic E-state index is 0.0555. The average molecular weight is 264 g/mol. The molecule has 1 aromatic rings. The van der Waals surface area contributed by atoms with E-state index in [4.69, 9.17) is 9.47 Å². The van der Waals surface area contributed by atoms with Gasteiger partial charge in [-0.3, -0.25) is 4.79 Å². The maximum absolute atomic E-state index is 12.5. The summed E-state index contributed by atoms with van der Waals surface area (Å²) in [4.78, 5) is 14.4. The van der Waals surface area contributed by atoms with Crippen molar-refractivity contribution < 1.29 is 14.3 Å². The number of piperazine rings is 1. The predicted octanol–water partition coefficient (Wildman–Crippen LogP) is 1.06. The number of nitrogens with zero attached hydrogens (tertiary/aromatic N) is 1. The molecule has 104 valence electrons. The lowest BCUT2D eigenvalue weighted by Crippen LogP contribution is -2.46. The van der Waals surface area contributed by atoms with Crippen molar-refractivity contribution in [2.45, 2.75) is 6.92 Å². The summed E-state index contributed by atoms with van der Waals surface area (Å²) in [5, 5.41) is 3.24. The molecule has 0 saturated carbocycles. The van der Waals surface area contributed by atoms with Crippen LogP contribution in [0.15, 0.2) is 12.1 Å². The number of rotatable bonds is 3. The molecule has 5 heteroatoms. The van der Waals surface area contributed by atoms with Crippen molar-refractivity contribution in [3.63, 3.8) is 0 Å². The Hall–Kier alpha value is -1.75. The van der Waals surface area contributed by atoms with Crippen LogP contribution < -0.4 is 14.8 Å². The smallest absolute Gasteiger partial charge is 0.254 e. The molecule has 0 aliphatic carbocycles. The number of hydrogen-bond donors (Lipinski definition) is 1. The van der Waals surface area contributed by atoms with Gasteiger partial charge in [0.05, 0.1) is 14.2 Å². The Labute approximate surface area is 113 Å². The SMILES string of the molecule is COc1cc(C)c(C(=O)N2CCNCC2)cc1OC. The highest BCUT2D eigenvalue weighted by molar-refractivity contribution is 5.96. The van der Waals surface area contributed by atoms with E-state index in [1.807, 2.05) is 17.9 Å². The first-order valence-corrected chi connectivity index (χ1v) is 6.40. The van der Waals surface area contributed by atoms with Gasteiger partial charge in [0.2, 0.25) is 0 Å². The van der Waals surface area contributed by atoms with Gasteiger partial charge in [-0.15, -0.1) is 0 Å². The minimum atomic E-state index is 0.0555. The highest BCUT2D eigenvalue weighted by atomic mass is 16.5. The van der Waals surface area contributed by atoms with Gasteiger partial charge in [0.1, 0.15) is 0 Å². The van der Waals surface area contributed by atoms with E-state index in [1.54, 1.807) is 20.3 Å². The van der Waals surface area contributed by atoms with Gasteiger partial charge in [0.25, 0.3) is 5.91 Å². The Morgan fingerprint density at radius 3 is 2.32 bits per heavy atom. The Balaban J connectivity index is 2.30. The summed E-state index contributed by atoms with van der Waals surface area (Å²) in [6.07, 6.45) is 0. The maximum Gasteiger partial charge on any atom is 0.254 e. The zero-order valence-electron chi connectivity index (χ0n) is 11.7. The van der Waals surface area contributed by atoms with Crippen molar-refractivity contribution in [1.29, 1.82) is 0 Å². The highest BCUT2D eigenvalue weighted by Gasteiger charge is 2.21. The third-order valence-corrected chi connectivity index (χ3v) is 3.37. The zero-order chi connectivity index (χ0) is 13.8. The topological polar surface area (TPSA) is 50.8 Å². The Morgan fingerprint density at radius 1 is 1.16 bits per heavy atom. The molecule has 2 rings (SSSR count).